The normalized spacial score (nSPS) is 18.4. The third-order valence-electron chi connectivity index (χ3n) is 3.62. The Bertz CT molecular complexity index is 534. The number of hydrogen-bond acceptors (Lipinski definition) is 3. The number of fused-ring (bicyclic) bond motifs is 1. The fourth-order valence-corrected chi connectivity index (χ4v) is 2.62. The molecule has 0 fully saturated rings. The molecule has 2 aromatic rings. The highest BCUT2D eigenvalue weighted by molar-refractivity contribution is 5.45. The van der Waals surface area contributed by atoms with Crippen LogP contribution in [0.2, 0.25) is 0 Å². The quantitative estimate of drug-likeness (QED) is 0.884. The van der Waals surface area contributed by atoms with Crippen molar-refractivity contribution >= 4 is 5.88 Å². The van der Waals surface area contributed by atoms with Gasteiger partial charge in [-0.15, -0.1) is 0 Å². The van der Waals surface area contributed by atoms with E-state index < -0.39 is 0 Å². The van der Waals surface area contributed by atoms with Crippen molar-refractivity contribution in [2.45, 2.75) is 25.2 Å². The minimum absolute atomic E-state index is 0.184. The van der Waals surface area contributed by atoms with Gasteiger partial charge in [-0.05, 0) is 42.9 Å². The van der Waals surface area contributed by atoms with E-state index in [0.717, 1.165) is 36.4 Å². The first kappa shape index (κ1) is 11.3. The Kier molecular flexibility index (Phi) is 2.78. The molecule has 1 atom stereocenters. The number of aromatic nitrogens is 1. The summed E-state index contributed by atoms with van der Waals surface area (Å²) in [5, 5.41) is 7.10. The fraction of sp³-hybridized carbons (Fsp3) is 0.357. The van der Waals surface area contributed by atoms with E-state index in [0.29, 0.717) is 5.92 Å². The van der Waals surface area contributed by atoms with Gasteiger partial charge in [0.1, 0.15) is 5.82 Å². The van der Waals surface area contributed by atoms with Gasteiger partial charge in [0.15, 0.2) is 0 Å². The molecule has 0 aliphatic heterocycles. The Morgan fingerprint density at radius 2 is 2.11 bits per heavy atom. The van der Waals surface area contributed by atoms with E-state index in [1.165, 1.54) is 17.7 Å². The summed E-state index contributed by atoms with van der Waals surface area (Å²) in [5.41, 5.74) is 3.40. The van der Waals surface area contributed by atoms with Crippen LogP contribution in [0.15, 0.2) is 28.8 Å². The van der Waals surface area contributed by atoms with Crippen molar-refractivity contribution < 1.29 is 8.91 Å². The summed E-state index contributed by atoms with van der Waals surface area (Å²) in [6.45, 7) is 0. The van der Waals surface area contributed by atoms with Crippen LogP contribution < -0.4 is 5.32 Å². The molecule has 1 N–H and O–H groups in total. The molecule has 0 amide bonds. The summed E-state index contributed by atoms with van der Waals surface area (Å²) in [5.74, 6) is 0.998. The summed E-state index contributed by atoms with van der Waals surface area (Å²) in [7, 11) is 1.84. The highest BCUT2D eigenvalue weighted by Crippen LogP contribution is 2.35. The van der Waals surface area contributed by atoms with Crippen molar-refractivity contribution in [3.8, 4) is 0 Å². The molecule has 3 rings (SSSR count). The van der Waals surface area contributed by atoms with E-state index in [2.05, 4.69) is 10.5 Å². The average Bonchev–Trinajstić information content (AvgIpc) is 2.81. The van der Waals surface area contributed by atoms with Crippen LogP contribution in [0.4, 0.5) is 10.3 Å². The Hall–Kier alpha value is -1.84. The van der Waals surface area contributed by atoms with E-state index in [4.69, 9.17) is 4.52 Å². The zero-order valence-electron chi connectivity index (χ0n) is 10.2. The van der Waals surface area contributed by atoms with E-state index in [-0.39, 0.29) is 5.82 Å². The monoisotopic (exact) mass is 246 g/mol. The Morgan fingerprint density at radius 1 is 1.33 bits per heavy atom. The van der Waals surface area contributed by atoms with Crippen LogP contribution >= 0.6 is 0 Å². The molecule has 0 saturated heterocycles. The van der Waals surface area contributed by atoms with Crippen LogP contribution in [0, 0.1) is 5.82 Å². The minimum Gasteiger partial charge on any atom is -0.357 e. The van der Waals surface area contributed by atoms with Gasteiger partial charge in [-0.25, -0.2) is 4.39 Å². The van der Waals surface area contributed by atoms with Crippen LogP contribution in [-0.2, 0) is 12.8 Å². The molecule has 0 saturated carbocycles. The molecule has 0 spiro atoms. The lowest BCUT2D eigenvalue weighted by molar-refractivity contribution is 0.424. The molecule has 3 nitrogen and oxygen atoms in total. The van der Waals surface area contributed by atoms with Gasteiger partial charge in [-0.2, -0.15) is 0 Å². The van der Waals surface area contributed by atoms with Gasteiger partial charge in [-0.3, -0.25) is 0 Å². The van der Waals surface area contributed by atoms with Crippen LogP contribution in [-0.4, -0.2) is 12.2 Å². The van der Waals surface area contributed by atoms with Crippen LogP contribution in [0.3, 0.4) is 0 Å². The molecule has 1 aromatic carbocycles. The summed E-state index contributed by atoms with van der Waals surface area (Å²) in [6.07, 6.45) is 2.86. The van der Waals surface area contributed by atoms with Gasteiger partial charge in [-0.1, -0.05) is 17.3 Å². The molecule has 4 heteroatoms. The second-order valence-corrected chi connectivity index (χ2v) is 4.68. The highest BCUT2D eigenvalue weighted by Gasteiger charge is 2.26. The first-order chi connectivity index (χ1) is 8.78. The van der Waals surface area contributed by atoms with Gasteiger partial charge >= 0.3 is 0 Å². The molecule has 1 aliphatic carbocycles. The van der Waals surface area contributed by atoms with Gasteiger partial charge in [0.05, 0.1) is 5.69 Å². The van der Waals surface area contributed by atoms with Crippen molar-refractivity contribution in [2.24, 2.45) is 0 Å². The Morgan fingerprint density at radius 3 is 2.83 bits per heavy atom. The fourth-order valence-electron chi connectivity index (χ4n) is 2.62. The predicted octanol–water partition coefficient (Wildman–Crippen LogP) is 3.13. The molecule has 94 valence electrons. The summed E-state index contributed by atoms with van der Waals surface area (Å²) < 4.78 is 18.2. The number of benzene rings is 1. The van der Waals surface area contributed by atoms with E-state index in [1.807, 2.05) is 19.2 Å². The number of nitrogens with one attached hydrogen (secondary N) is 1. The molecule has 1 heterocycles. The third-order valence-corrected chi connectivity index (χ3v) is 3.62. The SMILES string of the molecule is CNc1onc2c1CC(c1ccc(F)cc1)CC2. The molecule has 0 radical (unpaired) electrons. The zero-order valence-corrected chi connectivity index (χ0v) is 10.2. The first-order valence-corrected chi connectivity index (χ1v) is 6.18. The molecular weight excluding hydrogens is 231 g/mol. The van der Waals surface area contributed by atoms with Crippen molar-refractivity contribution in [1.29, 1.82) is 0 Å². The minimum atomic E-state index is -0.184. The van der Waals surface area contributed by atoms with Crippen molar-refractivity contribution in [3.63, 3.8) is 0 Å². The van der Waals surface area contributed by atoms with Crippen molar-refractivity contribution in [3.05, 3.63) is 46.9 Å². The summed E-state index contributed by atoms with van der Waals surface area (Å²) >= 11 is 0. The number of anilines is 1. The lowest BCUT2D eigenvalue weighted by atomic mass is 9.83. The van der Waals surface area contributed by atoms with Crippen molar-refractivity contribution in [1.82, 2.24) is 5.16 Å². The number of nitrogens with zero attached hydrogens (tertiary/aromatic N) is 1. The largest absolute Gasteiger partial charge is 0.357 e. The van der Waals surface area contributed by atoms with E-state index >= 15 is 0 Å². The van der Waals surface area contributed by atoms with Gasteiger partial charge in [0, 0.05) is 12.6 Å². The standard InChI is InChI=1S/C14H15FN2O/c1-16-14-12-8-10(4-7-13(12)17-18-14)9-2-5-11(15)6-3-9/h2-3,5-6,10,16H,4,7-8H2,1H3. The number of halogens is 1. The lowest BCUT2D eigenvalue weighted by Crippen LogP contribution is -2.13. The Labute approximate surface area is 105 Å². The van der Waals surface area contributed by atoms with E-state index in [9.17, 15) is 4.39 Å². The van der Waals surface area contributed by atoms with Crippen LogP contribution in [0.5, 0.6) is 0 Å². The maximum atomic E-state index is 12.9. The smallest absolute Gasteiger partial charge is 0.227 e. The number of hydrogen-bond donors (Lipinski definition) is 1. The molecule has 1 aromatic heterocycles. The molecule has 0 bridgehead atoms. The lowest BCUT2D eigenvalue weighted by Gasteiger charge is -2.21. The molecular formula is C14H15FN2O. The molecule has 1 unspecified atom stereocenters. The summed E-state index contributed by atoms with van der Waals surface area (Å²) in [6, 6.07) is 6.80. The highest BCUT2D eigenvalue weighted by atomic mass is 19.1. The molecule has 1 aliphatic rings. The topological polar surface area (TPSA) is 38.1 Å². The Balaban J connectivity index is 1.87. The second kappa shape index (κ2) is 4.44. The van der Waals surface area contributed by atoms with Gasteiger partial charge < -0.3 is 9.84 Å². The second-order valence-electron chi connectivity index (χ2n) is 4.68. The van der Waals surface area contributed by atoms with Gasteiger partial charge in [0.2, 0.25) is 5.88 Å². The first-order valence-electron chi connectivity index (χ1n) is 6.18. The third kappa shape index (κ3) is 1.88. The number of rotatable bonds is 2. The maximum Gasteiger partial charge on any atom is 0.227 e. The summed E-state index contributed by atoms with van der Waals surface area (Å²) in [4.78, 5) is 0. The van der Waals surface area contributed by atoms with Gasteiger partial charge in [0.25, 0.3) is 0 Å². The predicted molar refractivity (Wildman–Crippen MR) is 67.2 cm³/mol. The zero-order chi connectivity index (χ0) is 12.5. The molecule has 18 heavy (non-hydrogen) atoms. The van der Waals surface area contributed by atoms with Crippen LogP contribution in [0.1, 0.15) is 29.2 Å². The van der Waals surface area contributed by atoms with Crippen LogP contribution in [0.25, 0.3) is 0 Å². The average molecular weight is 246 g/mol. The van der Waals surface area contributed by atoms with E-state index in [1.54, 1.807) is 0 Å². The maximum absolute atomic E-state index is 12.9. The number of aryl methyl sites for hydroxylation is 1. The van der Waals surface area contributed by atoms with Crippen molar-refractivity contribution in [2.75, 3.05) is 12.4 Å².